The predicted molar refractivity (Wildman–Crippen MR) is 58.6 cm³/mol. The Hall–Kier alpha value is -1.30. The van der Waals surface area contributed by atoms with Crippen molar-refractivity contribution in [2.75, 3.05) is 13.1 Å². The average Bonchev–Trinajstić information content (AvgIpc) is 2.26. The van der Waals surface area contributed by atoms with Crippen LogP contribution < -0.4 is 11.5 Å². The van der Waals surface area contributed by atoms with E-state index in [1.54, 1.807) is 12.0 Å². The maximum absolute atomic E-state index is 10.8. The molecule has 15 heavy (non-hydrogen) atoms. The Bertz CT molecular complexity index is 233. The Labute approximate surface area is 89.8 Å². The SMILES string of the molecule is C[C@@H](C=O)N(N=C(N)N)N1CCCCC1. The second-order valence-corrected chi connectivity index (χ2v) is 3.74. The van der Waals surface area contributed by atoms with E-state index in [0.717, 1.165) is 32.2 Å². The molecule has 0 aromatic rings. The molecule has 1 heterocycles. The third-order valence-electron chi connectivity index (χ3n) is 2.40. The first-order valence-corrected chi connectivity index (χ1v) is 5.24. The predicted octanol–water partition coefficient (Wildman–Crippen LogP) is -0.535. The van der Waals surface area contributed by atoms with E-state index < -0.39 is 0 Å². The normalized spacial score (nSPS) is 19.3. The van der Waals surface area contributed by atoms with Crippen molar-refractivity contribution in [3.05, 3.63) is 0 Å². The smallest absolute Gasteiger partial charge is 0.210 e. The number of nitrogens with zero attached hydrogens (tertiary/aromatic N) is 3. The topological polar surface area (TPSA) is 87.9 Å². The van der Waals surface area contributed by atoms with Crippen molar-refractivity contribution in [3.8, 4) is 0 Å². The molecule has 0 amide bonds. The first kappa shape index (κ1) is 11.8. The van der Waals surface area contributed by atoms with Gasteiger partial charge in [-0.05, 0) is 19.8 Å². The summed E-state index contributed by atoms with van der Waals surface area (Å²) in [5.41, 5.74) is 10.7. The van der Waals surface area contributed by atoms with Gasteiger partial charge in [0.2, 0.25) is 5.96 Å². The van der Waals surface area contributed by atoms with Crippen LogP contribution >= 0.6 is 0 Å². The van der Waals surface area contributed by atoms with Gasteiger partial charge < -0.3 is 16.3 Å². The molecule has 1 atom stereocenters. The zero-order valence-electron chi connectivity index (χ0n) is 9.09. The van der Waals surface area contributed by atoms with E-state index in [-0.39, 0.29) is 12.0 Å². The quantitative estimate of drug-likeness (QED) is 0.283. The van der Waals surface area contributed by atoms with Crippen molar-refractivity contribution in [3.63, 3.8) is 0 Å². The van der Waals surface area contributed by atoms with Crippen molar-refractivity contribution >= 4 is 12.2 Å². The molecule has 6 heteroatoms. The van der Waals surface area contributed by atoms with Crippen molar-refractivity contribution in [1.82, 2.24) is 10.1 Å². The molecular formula is C9H19N5O. The summed E-state index contributed by atoms with van der Waals surface area (Å²) in [6, 6.07) is -0.329. The van der Waals surface area contributed by atoms with Gasteiger partial charge in [0, 0.05) is 13.1 Å². The van der Waals surface area contributed by atoms with Crippen LogP contribution in [-0.2, 0) is 4.79 Å². The van der Waals surface area contributed by atoms with Gasteiger partial charge in [0.25, 0.3) is 0 Å². The molecule has 0 aromatic heterocycles. The molecular weight excluding hydrogens is 194 g/mol. The number of nitrogens with two attached hydrogens (primary N) is 2. The van der Waals surface area contributed by atoms with E-state index in [1.165, 1.54) is 6.42 Å². The molecule has 0 radical (unpaired) electrons. The van der Waals surface area contributed by atoms with E-state index in [1.807, 2.05) is 5.01 Å². The van der Waals surface area contributed by atoms with Crippen LogP contribution in [0.5, 0.6) is 0 Å². The highest BCUT2D eigenvalue weighted by Gasteiger charge is 2.21. The number of rotatable bonds is 4. The van der Waals surface area contributed by atoms with Crippen LogP contribution in [0.3, 0.4) is 0 Å². The highest BCUT2D eigenvalue weighted by atomic mass is 16.1. The molecule has 0 aliphatic carbocycles. The summed E-state index contributed by atoms with van der Waals surface area (Å²) in [7, 11) is 0. The van der Waals surface area contributed by atoms with Crippen LogP contribution in [0.2, 0.25) is 0 Å². The van der Waals surface area contributed by atoms with Gasteiger partial charge in [-0.3, -0.25) is 0 Å². The van der Waals surface area contributed by atoms with Gasteiger partial charge in [-0.2, -0.15) is 0 Å². The fourth-order valence-electron chi connectivity index (χ4n) is 1.67. The van der Waals surface area contributed by atoms with Crippen LogP contribution in [0.1, 0.15) is 26.2 Å². The number of hydrazone groups is 1. The van der Waals surface area contributed by atoms with E-state index in [0.29, 0.717) is 0 Å². The monoisotopic (exact) mass is 213 g/mol. The number of hydrazine groups is 1. The number of aldehydes is 1. The van der Waals surface area contributed by atoms with E-state index >= 15 is 0 Å². The summed E-state index contributed by atoms with van der Waals surface area (Å²) in [4.78, 5) is 10.8. The van der Waals surface area contributed by atoms with Gasteiger partial charge in [0.05, 0.1) is 0 Å². The van der Waals surface area contributed by atoms with Gasteiger partial charge in [-0.1, -0.05) is 6.42 Å². The van der Waals surface area contributed by atoms with Gasteiger partial charge in [-0.15, -0.1) is 5.10 Å². The highest BCUT2D eigenvalue weighted by Crippen LogP contribution is 2.13. The number of hydrogen-bond donors (Lipinski definition) is 2. The Morgan fingerprint density at radius 3 is 2.47 bits per heavy atom. The zero-order valence-corrected chi connectivity index (χ0v) is 9.09. The van der Waals surface area contributed by atoms with Crippen LogP contribution in [-0.4, -0.2) is 41.5 Å². The molecule has 0 saturated carbocycles. The minimum absolute atomic E-state index is 0.0192. The van der Waals surface area contributed by atoms with Crippen LogP contribution in [0.4, 0.5) is 0 Å². The summed E-state index contributed by atoms with van der Waals surface area (Å²) in [5.74, 6) is -0.0192. The Morgan fingerprint density at radius 2 is 2.00 bits per heavy atom. The van der Waals surface area contributed by atoms with Crippen LogP contribution in [0.15, 0.2) is 5.10 Å². The summed E-state index contributed by atoms with van der Waals surface area (Å²) < 4.78 is 0. The summed E-state index contributed by atoms with van der Waals surface area (Å²) in [5, 5.41) is 7.57. The molecule has 0 bridgehead atoms. The summed E-state index contributed by atoms with van der Waals surface area (Å²) >= 11 is 0. The third-order valence-corrected chi connectivity index (χ3v) is 2.40. The second kappa shape index (κ2) is 5.55. The largest absolute Gasteiger partial charge is 0.369 e. The third kappa shape index (κ3) is 3.39. The van der Waals surface area contributed by atoms with Crippen molar-refractivity contribution in [2.24, 2.45) is 16.6 Å². The number of carbonyl (C=O) groups excluding carboxylic acids is 1. The molecule has 0 spiro atoms. The summed E-state index contributed by atoms with van der Waals surface area (Å²) in [6.45, 7) is 3.57. The number of piperidine rings is 1. The van der Waals surface area contributed by atoms with Gasteiger partial charge in [0.15, 0.2) is 0 Å². The standard InChI is InChI=1S/C9H19N5O/c1-8(7-15)14(12-9(10)11)13-5-3-2-4-6-13/h7-8H,2-6H2,1H3,(H4,10,11,12)/t8-/m0/s1. The van der Waals surface area contributed by atoms with Crippen molar-refractivity contribution < 1.29 is 4.79 Å². The fraction of sp³-hybridized carbons (Fsp3) is 0.778. The lowest BCUT2D eigenvalue weighted by atomic mass is 10.2. The maximum atomic E-state index is 10.8. The Morgan fingerprint density at radius 1 is 1.40 bits per heavy atom. The lowest BCUT2D eigenvalue weighted by Gasteiger charge is -2.36. The molecule has 1 rings (SSSR count). The minimum Gasteiger partial charge on any atom is -0.369 e. The molecule has 1 saturated heterocycles. The first-order valence-electron chi connectivity index (χ1n) is 5.24. The lowest BCUT2D eigenvalue weighted by Crippen LogP contribution is -2.49. The molecule has 1 aliphatic rings. The second-order valence-electron chi connectivity index (χ2n) is 3.74. The first-order chi connectivity index (χ1) is 7.15. The van der Waals surface area contributed by atoms with E-state index in [2.05, 4.69) is 5.10 Å². The van der Waals surface area contributed by atoms with Gasteiger partial charge in [0.1, 0.15) is 12.3 Å². The van der Waals surface area contributed by atoms with Gasteiger partial charge in [-0.25, -0.2) is 10.1 Å². The minimum atomic E-state index is -0.329. The zero-order chi connectivity index (χ0) is 11.3. The Kier molecular flexibility index (Phi) is 4.36. The molecule has 4 N–H and O–H groups in total. The number of guanidine groups is 1. The number of carbonyl (C=O) groups is 1. The molecule has 0 aromatic carbocycles. The van der Waals surface area contributed by atoms with Gasteiger partial charge >= 0.3 is 0 Å². The molecule has 1 fully saturated rings. The molecule has 0 unspecified atom stereocenters. The van der Waals surface area contributed by atoms with Crippen molar-refractivity contribution in [1.29, 1.82) is 0 Å². The van der Waals surface area contributed by atoms with Crippen LogP contribution in [0, 0.1) is 0 Å². The molecule has 1 aliphatic heterocycles. The molecule has 6 nitrogen and oxygen atoms in total. The maximum Gasteiger partial charge on any atom is 0.210 e. The highest BCUT2D eigenvalue weighted by molar-refractivity contribution is 5.75. The van der Waals surface area contributed by atoms with E-state index in [9.17, 15) is 4.79 Å². The fourth-order valence-corrected chi connectivity index (χ4v) is 1.67. The average molecular weight is 213 g/mol. The molecule has 86 valence electrons. The van der Waals surface area contributed by atoms with Crippen LogP contribution in [0.25, 0.3) is 0 Å². The number of hydrogen-bond acceptors (Lipinski definition) is 4. The Balaban J connectivity index is 2.69. The lowest BCUT2D eigenvalue weighted by molar-refractivity contribution is -0.123. The summed E-state index contributed by atoms with van der Waals surface area (Å²) in [6.07, 6.45) is 4.28. The van der Waals surface area contributed by atoms with Crippen molar-refractivity contribution in [2.45, 2.75) is 32.2 Å². The van der Waals surface area contributed by atoms with E-state index in [4.69, 9.17) is 11.5 Å².